The fourth-order valence-electron chi connectivity index (χ4n) is 0.542. The van der Waals surface area contributed by atoms with Crippen LogP contribution in [0.25, 0.3) is 0 Å². The van der Waals surface area contributed by atoms with E-state index in [4.69, 9.17) is 0 Å². The van der Waals surface area contributed by atoms with Crippen LogP contribution in [0.4, 0.5) is 0 Å². The Bertz CT molecular complexity index is 70.2. The van der Waals surface area contributed by atoms with E-state index in [9.17, 15) is 0 Å². The first-order valence-electron chi connectivity index (χ1n) is 2.32. The normalized spacial score (nSPS) is 16.0. The molecule has 0 aromatic heterocycles. The minimum atomic E-state index is 0. The standard InChI is InChI=1S/C6H8.Pt/c1-2-4-6-5-3-1;/h1-4H,5-6H2;. The Morgan fingerprint density at radius 3 is 1.43 bits per heavy atom. The van der Waals surface area contributed by atoms with Crippen LogP contribution < -0.4 is 0 Å². The van der Waals surface area contributed by atoms with Gasteiger partial charge in [-0.2, -0.15) is 0 Å². The molecule has 0 spiro atoms. The van der Waals surface area contributed by atoms with Gasteiger partial charge in [0.25, 0.3) is 0 Å². The minimum Gasteiger partial charge on any atom is -0.0842 e. The predicted octanol–water partition coefficient (Wildman–Crippen LogP) is 1.89. The first kappa shape index (κ1) is 7.17. The molecule has 0 aliphatic heterocycles. The van der Waals surface area contributed by atoms with E-state index >= 15 is 0 Å². The summed E-state index contributed by atoms with van der Waals surface area (Å²) in [6, 6.07) is 0. The van der Waals surface area contributed by atoms with E-state index in [1.54, 1.807) is 0 Å². The second-order valence-corrected chi connectivity index (χ2v) is 1.43. The van der Waals surface area contributed by atoms with Crippen LogP contribution in [0, 0.1) is 0 Å². The van der Waals surface area contributed by atoms with Gasteiger partial charge in [0.2, 0.25) is 0 Å². The minimum absolute atomic E-state index is 0. The van der Waals surface area contributed by atoms with Gasteiger partial charge in [0.1, 0.15) is 0 Å². The SMILES string of the molecule is C1=CCCC=C1.[Pt]. The van der Waals surface area contributed by atoms with E-state index < -0.39 is 0 Å². The summed E-state index contributed by atoms with van der Waals surface area (Å²) in [7, 11) is 0. The number of hydrogen-bond donors (Lipinski definition) is 0. The third-order valence-electron chi connectivity index (χ3n) is 0.883. The summed E-state index contributed by atoms with van der Waals surface area (Å²) >= 11 is 0. The van der Waals surface area contributed by atoms with Gasteiger partial charge in [-0.1, -0.05) is 24.3 Å². The van der Waals surface area contributed by atoms with E-state index in [0.717, 1.165) is 0 Å². The first-order valence-corrected chi connectivity index (χ1v) is 2.32. The van der Waals surface area contributed by atoms with Gasteiger partial charge < -0.3 is 0 Å². The molecule has 0 atom stereocenters. The molecule has 0 N–H and O–H groups in total. The molecule has 0 bridgehead atoms. The van der Waals surface area contributed by atoms with Crippen molar-refractivity contribution in [1.82, 2.24) is 0 Å². The van der Waals surface area contributed by atoms with E-state index in [2.05, 4.69) is 24.3 Å². The maximum Gasteiger partial charge on any atom is 0 e. The van der Waals surface area contributed by atoms with E-state index in [1.165, 1.54) is 12.8 Å². The largest absolute Gasteiger partial charge is 0.0842 e. The molecule has 42 valence electrons. The Morgan fingerprint density at radius 2 is 1.29 bits per heavy atom. The van der Waals surface area contributed by atoms with Crippen LogP contribution in [-0.2, 0) is 21.1 Å². The van der Waals surface area contributed by atoms with Crippen molar-refractivity contribution in [2.75, 3.05) is 0 Å². The zero-order valence-corrected chi connectivity index (χ0v) is 6.31. The third-order valence-corrected chi connectivity index (χ3v) is 0.883. The number of rotatable bonds is 0. The molecule has 0 heterocycles. The molecular weight excluding hydrogens is 267 g/mol. The molecule has 0 saturated carbocycles. The molecule has 0 saturated heterocycles. The molecule has 0 nitrogen and oxygen atoms in total. The van der Waals surface area contributed by atoms with Crippen LogP contribution in [0.3, 0.4) is 0 Å². The molecular formula is C6H8Pt. The van der Waals surface area contributed by atoms with Crippen LogP contribution >= 0.6 is 0 Å². The molecule has 1 rings (SSSR count). The summed E-state index contributed by atoms with van der Waals surface area (Å²) in [6.45, 7) is 0. The van der Waals surface area contributed by atoms with E-state index in [-0.39, 0.29) is 21.1 Å². The van der Waals surface area contributed by atoms with Gasteiger partial charge >= 0.3 is 0 Å². The smallest absolute Gasteiger partial charge is 0 e. The monoisotopic (exact) mass is 275 g/mol. The second kappa shape index (κ2) is 4.33. The van der Waals surface area contributed by atoms with Gasteiger partial charge in [0, 0.05) is 21.1 Å². The number of hydrogen-bond acceptors (Lipinski definition) is 0. The Morgan fingerprint density at radius 1 is 0.857 bits per heavy atom. The fourth-order valence-corrected chi connectivity index (χ4v) is 0.542. The molecule has 0 amide bonds. The molecule has 0 aromatic rings. The Balaban J connectivity index is 0.000000360. The van der Waals surface area contributed by atoms with Crippen molar-refractivity contribution in [2.24, 2.45) is 0 Å². The molecule has 1 heteroatoms. The van der Waals surface area contributed by atoms with Crippen LogP contribution in [-0.4, -0.2) is 0 Å². The average molecular weight is 275 g/mol. The average Bonchev–Trinajstić information content (AvgIpc) is 1.72. The summed E-state index contributed by atoms with van der Waals surface area (Å²) in [6.07, 6.45) is 11.0. The molecule has 0 fully saturated rings. The van der Waals surface area contributed by atoms with Crippen molar-refractivity contribution in [3.05, 3.63) is 24.3 Å². The Labute approximate surface area is 58.6 Å². The second-order valence-electron chi connectivity index (χ2n) is 1.43. The van der Waals surface area contributed by atoms with Crippen LogP contribution in [0.2, 0.25) is 0 Å². The van der Waals surface area contributed by atoms with Crippen LogP contribution in [0.15, 0.2) is 24.3 Å². The van der Waals surface area contributed by atoms with Gasteiger partial charge in [0.05, 0.1) is 0 Å². The molecule has 0 aromatic carbocycles. The Hall–Kier alpha value is 0.168. The maximum atomic E-state index is 2.18. The van der Waals surface area contributed by atoms with Gasteiger partial charge in [-0.3, -0.25) is 0 Å². The summed E-state index contributed by atoms with van der Waals surface area (Å²) in [5, 5.41) is 0. The van der Waals surface area contributed by atoms with Gasteiger partial charge in [-0.25, -0.2) is 0 Å². The quantitative estimate of drug-likeness (QED) is 0.633. The van der Waals surface area contributed by atoms with Crippen molar-refractivity contribution < 1.29 is 21.1 Å². The van der Waals surface area contributed by atoms with Crippen LogP contribution in [0.1, 0.15) is 12.8 Å². The van der Waals surface area contributed by atoms with Gasteiger partial charge in [-0.15, -0.1) is 0 Å². The Kier molecular flexibility index (Phi) is 4.43. The summed E-state index contributed by atoms with van der Waals surface area (Å²) in [4.78, 5) is 0. The van der Waals surface area contributed by atoms with E-state index in [0.29, 0.717) is 0 Å². The van der Waals surface area contributed by atoms with Gasteiger partial charge in [-0.05, 0) is 12.8 Å². The van der Waals surface area contributed by atoms with Crippen LogP contribution in [0.5, 0.6) is 0 Å². The summed E-state index contributed by atoms with van der Waals surface area (Å²) < 4.78 is 0. The zero-order valence-electron chi connectivity index (χ0n) is 4.04. The number of allylic oxidation sites excluding steroid dienone is 4. The molecule has 1 aliphatic carbocycles. The third kappa shape index (κ3) is 2.82. The van der Waals surface area contributed by atoms with Crippen molar-refractivity contribution in [3.8, 4) is 0 Å². The topological polar surface area (TPSA) is 0 Å². The molecule has 1 aliphatic rings. The molecule has 0 unspecified atom stereocenters. The van der Waals surface area contributed by atoms with Crippen molar-refractivity contribution in [3.63, 3.8) is 0 Å². The van der Waals surface area contributed by atoms with Crippen molar-refractivity contribution in [1.29, 1.82) is 0 Å². The van der Waals surface area contributed by atoms with Crippen molar-refractivity contribution >= 4 is 0 Å². The fraction of sp³-hybridized carbons (Fsp3) is 0.333. The van der Waals surface area contributed by atoms with Crippen molar-refractivity contribution in [2.45, 2.75) is 12.8 Å². The first-order chi connectivity index (χ1) is 3.00. The summed E-state index contributed by atoms with van der Waals surface area (Å²) in [5.41, 5.74) is 0. The maximum absolute atomic E-state index is 2.18. The summed E-state index contributed by atoms with van der Waals surface area (Å²) in [5.74, 6) is 0. The molecule has 7 heavy (non-hydrogen) atoms. The zero-order chi connectivity index (χ0) is 4.24. The van der Waals surface area contributed by atoms with E-state index in [1.807, 2.05) is 0 Å². The molecule has 0 radical (unpaired) electrons. The predicted molar refractivity (Wildman–Crippen MR) is 27.5 cm³/mol. The van der Waals surface area contributed by atoms with Gasteiger partial charge in [0.15, 0.2) is 0 Å².